The minimum atomic E-state index is -3.96. The van der Waals surface area contributed by atoms with Gasteiger partial charge >= 0.3 is 11.9 Å². The Bertz CT molecular complexity index is 1210. The van der Waals surface area contributed by atoms with E-state index < -0.39 is 33.8 Å². The van der Waals surface area contributed by atoms with Gasteiger partial charge in [0.2, 0.25) is 10.0 Å². The summed E-state index contributed by atoms with van der Waals surface area (Å²) in [5.41, 5.74) is 0.841. The van der Waals surface area contributed by atoms with E-state index in [0.29, 0.717) is 14.9 Å². The minimum absolute atomic E-state index is 0.0735. The summed E-state index contributed by atoms with van der Waals surface area (Å²) < 4.78 is 68.4. The van der Waals surface area contributed by atoms with Crippen molar-refractivity contribution in [2.75, 3.05) is 26.8 Å². The molecule has 3 rings (SSSR count). The summed E-state index contributed by atoms with van der Waals surface area (Å²) >= 11 is 2.06. The van der Waals surface area contributed by atoms with Crippen LogP contribution in [0.2, 0.25) is 0 Å². The molecule has 0 saturated carbocycles. The fourth-order valence-corrected chi connectivity index (χ4v) is 6.86. The lowest BCUT2D eigenvalue weighted by Gasteiger charge is -2.30. The van der Waals surface area contributed by atoms with Gasteiger partial charge in [-0.1, -0.05) is 36.8 Å². The second-order valence-corrected chi connectivity index (χ2v) is 11.8. The van der Waals surface area contributed by atoms with Gasteiger partial charge < -0.3 is 9.47 Å². The van der Waals surface area contributed by atoms with Gasteiger partial charge in [0, 0.05) is 28.5 Å². The summed E-state index contributed by atoms with van der Waals surface area (Å²) in [6.45, 7) is 4.43. The van der Waals surface area contributed by atoms with Crippen molar-refractivity contribution in [3.05, 3.63) is 65.2 Å². The van der Waals surface area contributed by atoms with Crippen LogP contribution in [0.15, 0.2) is 59.0 Å². The van der Waals surface area contributed by atoms with Crippen LogP contribution in [0.1, 0.15) is 31.4 Å². The van der Waals surface area contributed by atoms with Crippen LogP contribution in [0.4, 0.5) is 8.78 Å². The summed E-state index contributed by atoms with van der Waals surface area (Å²) in [5.74, 6) is -4.76. The Balaban J connectivity index is 2.08. The monoisotopic (exact) mass is 619 g/mol. The van der Waals surface area contributed by atoms with Crippen LogP contribution < -0.4 is 4.74 Å². The highest BCUT2D eigenvalue weighted by atomic mass is 127. The zero-order chi connectivity index (χ0) is 26.0. The average Bonchev–Trinajstić information content (AvgIpc) is 3.16. The zero-order valence-corrected chi connectivity index (χ0v) is 23.0. The van der Waals surface area contributed by atoms with E-state index in [1.807, 2.05) is 6.92 Å². The predicted molar refractivity (Wildman–Crippen MR) is 138 cm³/mol. The van der Waals surface area contributed by atoms with E-state index in [1.165, 1.54) is 30.5 Å². The van der Waals surface area contributed by atoms with Gasteiger partial charge in [0.25, 0.3) is 0 Å². The first-order chi connectivity index (χ1) is 16.3. The highest BCUT2D eigenvalue weighted by Crippen LogP contribution is 2.49. The molecule has 1 saturated heterocycles. The van der Waals surface area contributed by atoms with Gasteiger partial charge in [0.05, 0.1) is 18.6 Å². The molecular weight excluding hydrogens is 591 g/mol. The molecule has 1 fully saturated rings. The highest BCUT2D eigenvalue weighted by molar-refractivity contribution is 14.1. The van der Waals surface area contributed by atoms with E-state index in [9.17, 15) is 22.0 Å². The van der Waals surface area contributed by atoms with Gasteiger partial charge in [-0.05, 0) is 71.8 Å². The molecule has 1 heterocycles. The molecule has 0 bridgehead atoms. The first-order valence-electron chi connectivity index (χ1n) is 11.0. The number of sulfonamides is 1. The second kappa shape index (κ2) is 10.5. The first kappa shape index (κ1) is 27.5. The average molecular weight is 619 g/mol. The molecular formula is C25H28F2INO5S. The van der Waals surface area contributed by atoms with Crippen molar-refractivity contribution in [2.24, 2.45) is 5.41 Å². The Labute approximate surface area is 218 Å². The van der Waals surface area contributed by atoms with E-state index >= 15 is 0 Å². The molecule has 1 aliphatic rings. The number of rotatable bonds is 8. The summed E-state index contributed by atoms with van der Waals surface area (Å²) in [5, 5.41) is 0. The predicted octanol–water partition coefficient (Wildman–Crippen LogP) is 5.45. The molecule has 35 heavy (non-hydrogen) atoms. The molecule has 0 spiro atoms. The molecule has 0 radical (unpaired) electrons. The summed E-state index contributed by atoms with van der Waals surface area (Å²) in [6.07, 6.45) is -0.878. The number of alkyl halides is 2. The number of carbonyl (C=O) groups excluding carboxylic acids is 1. The minimum Gasteiger partial charge on any atom is -0.497 e. The van der Waals surface area contributed by atoms with Gasteiger partial charge in [-0.25, -0.2) is 13.2 Å². The summed E-state index contributed by atoms with van der Waals surface area (Å²) in [7, 11) is -2.42. The van der Waals surface area contributed by atoms with Crippen LogP contribution >= 0.6 is 22.6 Å². The largest absolute Gasteiger partial charge is 0.497 e. The number of ether oxygens (including phenoxy) is 2. The molecule has 0 amide bonds. The normalized spacial score (nSPS) is 20.5. The number of benzene rings is 2. The van der Waals surface area contributed by atoms with Gasteiger partial charge in [-0.3, -0.25) is 0 Å². The smallest absolute Gasteiger partial charge is 0.376 e. The number of halogens is 3. The van der Waals surface area contributed by atoms with Crippen LogP contribution in [0.5, 0.6) is 5.75 Å². The maximum absolute atomic E-state index is 14.9. The topological polar surface area (TPSA) is 72.9 Å². The number of aryl methyl sites for hydroxylation is 1. The standard InChI is InChI=1S/C25H28F2INO5S/c1-5-34-23(30)25(26,27)15-24(3)16-29(35(31,32)20-12-6-17(2)7-13-20)14-21(24)22(28)18-8-10-19(33-4)11-9-18/h6-13H,5,14-16H2,1-4H3/b22-21+. The van der Waals surface area contributed by atoms with Gasteiger partial charge in [0.15, 0.2) is 0 Å². The van der Waals surface area contributed by atoms with Crippen LogP contribution in [0, 0.1) is 12.3 Å². The summed E-state index contributed by atoms with van der Waals surface area (Å²) in [6, 6.07) is 13.5. The number of nitrogens with zero attached hydrogens (tertiary/aromatic N) is 1. The van der Waals surface area contributed by atoms with E-state index in [4.69, 9.17) is 4.74 Å². The van der Waals surface area contributed by atoms with E-state index in [0.717, 1.165) is 11.1 Å². The Morgan fingerprint density at radius 1 is 1.14 bits per heavy atom. The molecule has 2 aromatic carbocycles. The van der Waals surface area contributed by atoms with Crippen LogP contribution in [-0.2, 0) is 19.6 Å². The molecule has 0 aliphatic carbocycles. The molecule has 2 aromatic rings. The third-order valence-corrected chi connectivity index (χ3v) is 9.12. The molecule has 0 N–H and O–H groups in total. The first-order valence-corrected chi connectivity index (χ1v) is 13.5. The lowest BCUT2D eigenvalue weighted by molar-refractivity contribution is -0.175. The summed E-state index contributed by atoms with van der Waals surface area (Å²) in [4.78, 5) is 12.1. The molecule has 1 aliphatic heterocycles. The Morgan fingerprint density at radius 3 is 2.29 bits per heavy atom. The Morgan fingerprint density at radius 2 is 1.74 bits per heavy atom. The molecule has 1 unspecified atom stereocenters. The number of hydrogen-bond donors (Lipinski definition) is 0. The molecule has 190 valence electrons. The Hall–Kier alpha value is -2.05. The van der Waals surface area contributed by atoms with Crippen molar-refractivity contribution in [1.82, 2.24) is 4.31 Å². The van der Waals surface area contributed by atoms with Crippen molar-refractivity contribution in [1.29, 1.82) is 0 Å². The van der Waals surface area contributed by atoms with Crippen molar-refractivity contribution in [2.45, 2.75) is 38.0 Å². The van der Waals surface area contributed by atoms with Crippen molar-refractivity contribution in [3.8, 4) is 5.75 Å². The number of esters is 1. The van der Waals surface area contributed by atoms with Crippen LogP contribution in [0.3, 0.4) is 0 Å². The van der Waals surface area contributed by atoms with Crippen LogP contribution in [-0.4, -0.2) is 51.4 Å². The van der Waals surface area contributed by atoms with Crippen molar-refractivity contribution in [3.63, 3.8) is 0 Å². The molecule has 0 aromatic heterocycles. The van der Waals surface area contributed by atoms with E-state index in [-0.39, 0.29) is 24.6 Å². The lowest BCUT2D eigenvalue weighted by atomic mass is 9.78. The third kappa shape index (κ3) is 5.86. The van der Waals surface area contributed by atoms with Gasteiger partial charge in [-0.2, -0.15) is 13.1 Å². The Kier molecular flexibility index (Phi) is 8.27. The maximum Gasteiger partial charge on any atom is 0.376 e. The van der Waals surface area contributed by atoms with E-state index in [1.54, 1.807) is 43.3 Å². The quantitative estimate of drug-likeness (QED) is 0.291. The number of carbonyl (C=O) groups is 1. The zero-order valence-electron chi connectivity index (χ0n) is 20.0. The van der Waals surface area contributed by atoms with Crippen molar-refractivity contribution >= 4 is 42.2 Å². The molecule has 6 nitrogen and oxygen atoms in total. The van der Waals surface area contributed by atoms with Crippen LogP contribution in [0.25, 0.3) is 3.58 Å². The fraction of sp³-hybridized carbons (Fsp3) is 0.400. The molecule has 1 atom stereocenters. The van der Waals surface area contributed by atoms with Gasteiger partial charge in [-0.15, -0.1) is 0 Å². The number of methoxy groups -OCH3 is 1. The fourth-order valence-electron chi connectivity index (χ4n) is 4.14. The van der Waals surface area contributed by atoms with E-state index in [2.05, 4.69) is 27.3 Å². The van der Waals surface area contributed by atoms with Crippen molar-refractivity contribution < 1.29 is 31.5 Å². The third-order valence-electron chi connectivity index (χ3n) is 6.04. The SMILES string of the molecule is CCOC(=O)C(F)(F)CC1(C)CN(S(=O)(=O)c2ccc(C)cc2)C/C1=C(\I)c1ccc(OC)cc1. The number of hydrogen-bond acceptors (Lipinski definition) is 5. The lowest BCUT2D eigenvalue weighted by Crippen LogP contribution is -2.39. The molecule has 10 heteroatoms. The second-order valence-electron chi connectivity index (χ2n) is 8.77. The highest BCUT2D eigenvalue weighted by Gasteiger charge is 2.53. The van der Waals surface area contributed by atoms with Gasteiger partial charge in [0.1, 0.15) is 5.75 Å². The maximum atomic E-state index is 14.9.